The van der Waals surface area contributed by atoms with E-state index in [0.29, 0.717) is 0 Å². The summed E-state index contributed by atoms with van der Waals surface area (Å²) in [6, 6.07) is 0. The van der Waals surface area contributed by atoms with Crippen molar-refractivity contribution in [2.45, 2.75) is 20.0 Å². The smallest absolute Gasteiger partial charge is 0.389 e. The van der Waals surface area contributed by atoms with Crippen LogP contribution in [-0.2, 0) is 13.8 Å². The Balaban J connectivity index is 3.86. The zero-order chi connectivity index (χ0) is 9.56. The molecule has 0 aromatic rings. The summed E-state index contributed by atoms with van der Waals surface area (Å²) in [5, 5.41) is 0. The topological polar surface area (TPSA) is 52.6 Å². The van der Waals surface area contributed by atoms with Gasteiger partial charge < -0.3 is 9.26 Å². The van der Waals surface area contributed by atoms with E-state index in [1.54, 1.807) is 13.8 Å². The second kappa shape index (κ2) is 5.98. The van der Waals surface area contributed by atoms with Crippen molar-refractivity contribution in [2.75, 3.05) is 6.61 Å². The first-order valence-electron chi connectivity index (χ1n) is 3.62. The third-order valence-electron chi connectivity index (χ3n) is 1.07. The molecule has 0 radical (unpaired) electrons. The van der Waals surface area contributed by atoms with Gasteiger partial charge in [0.2, 0.25) is 0 Å². The number of carbonyl (C=O) groups is 1. The minimum absolute atomic E-state index is 0.245. The lowest BCUT2D eigenvalue weighted by atomic mass is 10.4. The second-order valence-electron chi connectivity index (χ2n) is 2.07. The average Bonchev–Trinajstić information content (AvgIpc) is 2.04. The van der Waals surface area contributed by atoms with Gasteiger partial charge in [0.1, 0.15) is 6.10 Å². The lowest BCUT2D eigenvalue weighted by Gasteiger charge is -2.07. The molecule has 0 aliphatic heterocycles. The molecule has 70 valence electrons. The van der Waals surface area contributed by atoms with Gasteiger partial charge >= 0.3 is 5.71 Å². The summed E-state index contributed by atoms with van der Waals surface area (Å²) in [5.74, 6) is 0. The van der Waals surface area contributed by atoms with E-state index >= 15 is 0 Å². The van der Waals surface area contributed by atoms with Gasteiger partial charge in [0.05, 0.1) is 6.61 Å². The summed E-state index contributed by atoms with van der Waals surface area (Å²) in [6.45, 7) is 6.95. The lowest BCUT2D eigenvalue weighted by Crippen LogP contribution is -2.08. The maximum absolute atomic E-state index is 10.8. The molecule has 5 heteroatoms. The highest BCUT2D eigenvalue weighted by Crippen LogP contribution is 2.25. The Morgan fingerprint density at radius 2 is 2.33 bits per heavy atom. The molecule has 0 bridgehead atoms. The normalized spacial score (nSPS) is 14.8. The molecule has 0 fully saturated rings. The Labute approximate surface area is 72.4 Å². The van der Waals surface area contributed by atoms with Gasteiger partial charge in [-0.3, -0.25) is 4.57 Å². The fourth-order valence-electron chi connectivity index (χ4n) is 0.455. The summed E-state index contributed by atoms with van der Waals surface area (Å²) < 4.78 is 20.1. The van der Waals surface area contributed by atoms with Crippen LogP contribution in [0.1, 0.15) is 13.8 Å². The summed E-state index contributed by atoms with van der Waals surface area (Å²) in [5.41, 5.74) is -0.797. The van der Waals surface area contributed by atoms with Gasteiger partial charge in [-0.15, -0.1) is 0 Å². The molecule has 0 N–H and O–H groups in total. The van der Waals surface area contributed by atoms with Crippen LogP contribution in [0.5, 0.6) is 0 Å². The molecular formula is C7H13O4P. The Bertz CT molecular complexity index is 190. The number of hydrogen-bond acceptors (Lipinski definition) is 4. The first kappa shape index (κ1) is 11.4. The minimum Gasteiger partial charge on any atom is -0.451 e. The van der Waals surface area contributed by atoms with Crippen LogP contribution in [0.2, 0.25) is 0 Å². The summed E-state index contributed by atoms with van der Waals surface area (Å²) in [4.78, 5) is 10.8. The van der Waals surface area contributed by atoms with Crippen molar-refractivity contribution >= 4 is 13.7 Å². The Morgan fingerprint density at radius 1 is 1.75 bits per heavy atom. The first-order valence-corrected chi connectivity index (χ1v) is 4.93. The largest absolute Gasteiger partial charge is 0.451 e. The van der Waals surface area contributed by atoms with E-state index in [9.17, 15) is 9.36 Å². The van der Waals surface area contributed by atoms with Crippen LogP contribution >= 0.6 is 8.03 Å². The van der Waals surface area contributed by atoms with Gasteiger partial charge in [0, 0.05) is 0 Å². The third-order valence-corrected chi connectivity index (χ3v) is 2.07. The SMILES string of the molecule is C=CC(C)OC(=O)[PH](=O)OCC. The van der Waals surface area contributed by atoms with Crippen LogP contribution in [0.25, 0.3) is 0 Å². The van der Waals surface area contributed by atoms with Crippen molar-refractivity contribution in [1.29, 1.82) is 0 Å². The van der Waals surface area contributed by atoms with Gasteiger partial charge in [-0.05, 0) is 13.8 Å². The van der Waals surface area contributed by atoms with Crippen molar-refractivity contribution in [3.05, 3.63) is 12.7 Å². The average molecular weight is 192 g/mol. The Hall–Kier alpha value is -0.600. The van der Waals surface area contributed by atoms with E-state index in [1.165, 1.54) is 6.08 Å². The van der Waals surface area contributed by atoms with Crippen LogP contribution in [0.3, 0.4) is 0 Å². The van der Waals surface area contributed by atoms with Gasteiger partial charge in [0.15, 0.2) is 0 Å². The third kappa shape index (κ3) is 4.31. The van der Waals surface area contributed by atoms with E-state index in [0.717, 1.165) is 0 Å². The van der Waals surface area contributed by atoms with Crippen molar-refractivity contribution in [2.24, 2.45) is 0 Å². The molecule has 0 rings (SSSR count). The highest BCUT2D eigenvalue weighted by atomic mass is 31.1. The first-order chi connectivity index (χ1) is 5.61. The summed E-state index contributed by atoms with van der Waals surface area (Å²) in [6.07, 6.45) is 1.02. The van der Waals surface area contributed by atoms with Gasteiger partial charge in [-0.1, -0.05) is 12.7 Å². The molecule has 0 saturated heterocycles. The van der Waals surface area contributed by atoms with E-state index in [4.69, 9.17) is 0 Å². The monoisotopic (exact) mass is 192 g/mol. The second-order valence-corrected chi connectivity index (χ2v) is 3.34. The molecule has 0 spiro atoms. The standard InChI is InChI=1S/C7H13O4P/c1-4-6(3)11-7(8)12(9)10-5-2/h4,6,12H,1,5H2,2-3H3. The molecule has 0 saturated carbocycles. The highest BCUT2D eigenvalue weighted by Gasteiger charge is 2.14. The van der Waals surface area contributed by atoms with Gasteiger partial charge in [-0.25, -0.2) is 4.79 Å². The number of carbonyl (C=O) groups excluding carboxylic acids is 1. The van der Waals surface area contributed by atoms with Crippen LogP contribution in [-0.4, -0.2) is 18.4 Å². The van der Waals surface area contributed by atoms with E-state index in [1.807, 2.05) is 0 Å². The zero-order valence-corrected chi connectivity index (χ0v) is 8.20. The Morgan fingerprint density at radius 3 is 2.75 bits per heavy atom. The lowest BCUT2D eigenvalue weighted by molar-refractivity contribution is 0.148. The van der Waals surface area contributed by atoms with Gasteiger partial charge in [0.25, 0.3) is 8.03 Å². The fraction of sp³-hybridized carbons (Fsp3) is 0.571. The van der Waals surface area contributed by atoms with Crippen LogP contribution in [0.4, 0.5) is 4.79 Å². The number of ether oxygens (including phenoxy) is 1. The molecular weight excluding hydrogens is 179 g/mol. The predicted molar refractivity (Wildman–Crippen MR) is 46.8 cm³/mol. The summed E-state index contributed by atoms with van der Waals surface area (Å²) >= 11 is 0. The number of hydrogen-bond donors (Lipinski definition) is 0. The van der Waals surface area contributed by atoms with Crippen molar-refractivity contribution in [3.63, 3.8) is 0 Å². The molecule has 0 aliphatic carbocycles. The molecule has 0 aromatic carbocycles. The fourth-order valence-corrected chi connectivity index (χ4v) is 1.12. The van der Waals surface area contributed by atoms with E-state index < -0.39 is 19.8 Å². The van der Waals surface area contributed by atoms with Crippen molar-refractivity contribution in [1.82, 2.24) is 0 Å². The van der Waals surface area contributed by atoms with Crippen molar-refractivity contribution in [3.8, 4) is 0 Å². The van der Waals surface area contributed by atoms with Crippen LogP contribution < -0.4 is 0 Å². The van der Waals surface area contributed by atoms with E-state index in [-0.39, 0.29) is 6.61 Å². The van der Waals surface area contributed by atoms with Crippen LogP contribution in [0, 0.1) is 0 Å². The number of rotatable bonds is 5. The van der Waals surface area contributed by atoms with Crippen LogP contribution in [0.15, 0.2) is 12.7 Å². The van der Waals surface area contributed by atoms with Crippen molar-refractivity contribution < 1.29 is 18.6 Å². The molecule has 0 aromatic heterocycles. The molecule has 2 atom stereocenters. The molecule has 0 aliphatic rings. The quantitative estimate of drug-likeness (QED) is 0.495. The Kier molecular flexibility index (Phi) is 5.68. The zero-order valence-electron chi connectivity index (χ0n) is 7.20. The molecule has 12 heavy (non-hydrogen) atoms. The minimum atomic E-state index is -2.68. The maximum Gasteiger partial charge on any atom is 0.389 e. The predicted octanol–water partition coefficient (Wildman–Crippen LogP) is 2.21. The molecule has 2 unspecified atom stereocenters. The molecule has 4 nitrogen and oxygen atoms in total. The molecule has 0 amide bonds. The molecule has 0 heterocycles. The highest BCUT2D eigenvalue weighted by molar-refractivity contribution is 7.58. The maximum atomic E-state index is 10.8. The summed E-state index contributed by atoms with van der Waals surface area (Å²) in [7, 11) is -2.68. The van der Waals surface area contributed by atoms with E-state index in [2.05, 4.69) is 15.8 Å². The van der Waals surface area contributed by atoms with Gasteiger partial charge in [-0.2, -0.15) is 0 Å².